The largest absolute Gasteiger partial charge is 0.383 e. The highest BCUT2D eigenvalue weighted by Crippen LogP contribution is 2.28. The van der Waals surface area contributed by atoms with Crippen LogP contribution in [-0.4, -0.2) is 10.1 Å². The number of rotatable bonds is 2. The summed E-state index contributed by atoms with van der Waals surface area (Å²) in [5.41, 5.74) is 2.40. The number of hydrogen-bond donors (Lipinski definition) is 1. The van der Waals surface area contributed by atoms with Gasteiger partial charge in [-0.3, -0.25) is 0 Å². The summed E-state index contributed by atoms with van der Waals surface area (Å²) in [5, 5.41) is 12.6. The number of benzene rings is 1. The molecule has 2 nitrogen and oxygen atoms in total. The van der Waals surface area contributed by atoms with E-state index in [9.17, 15) is 5.11 Å². The first kappa shape index (κ1) is 11.3. The average Bonchev–Trinajstić information content (AvgIpc) is 2.65. The van der Waals surface area contributed by atoms with E-state index in [2.05, 4.69) is 24.0 Å². The van der Waals surface area contributed by atoms with Crippen molar-refractivity contribution in [3.8, 4) is 11.3 Å². The van der Waals surface area contributed by atoms with Crippen LogP contribution in [-0.2, 0) is 5.60 Å². The van der Waals surface area contributed by atoms with E-state index in [1.807, 2.05) is 17.5 Å². The van der Waals surface area contributed by atoms with E-state index in [0.717, 1.165) is 16.3 Å². The fourth-order valence-corrected chi connectivity index (χ4v) is 2.34. The summed E-state index contributed by atoms with van der Waals surface area (Å²) in [5.74, 6) is 0. The summed E-state index contributed by atoms with van der Waals surface area (Å²) >= 11 is 1.50. The van der Waals surface area contributed by atoms with Crippen molar-refractivity contribution in [1.29, 1.82) is 0 Å². The molecule has 0 saturated heterocycles. The van der Waals surface area contributed by atoms with Gasteiger partial charge in [0.05, 0.1) is 5.69 Å². The minimum atomic E-state index is -0.854. The molecule has 0 aliphatic rings. The minimum Gasteiger partial charge on any atom is -0.383 e. The van der Waals surface area contributed by atoms with Crippen LogP contribution in [0.25, 0.3) is 11.3 Å². The highest BCUT2D eigenvalue weighted by Gasteiger charge is 2.20. The summed E-state index contributed by atoms with van der Waals surface area (Å²) < 4.78 is 0. The van der Waals surface area contributed by atoms with Crippen molar-refractivity contribution in [2.45, 2.75) is 26.4 Å². The lowest BCUT2D eigenvalue weighted by Gasteiger charge is -2.12. The third-order valence-corrected chi connectivity index (χ3v) is 3.50. The molecule has 1 aromatic carbocycles. The first-order valence-electron chi connectivity index (χ1n) is 5.22. The van der Waals surface area contributed by atoms with Crippen LogP contribution in [0.2, 0.25) is 0 Å². The number of aliphatic hydroxyl groups is 1. The molecule has 16 heavy (non-hydrogen) atoms. The minimum absolute atomic E-state index is 0.754. The zero-order valence-corrected chi connectivity index (χ0v) is 10.5. The maximum Gasteiger partial charge on any atom is 0.124 e. The van der Waals surface area contributed by atoms with Crippen LogP contribution in [0.3, 0.4) is 0 Å². The van der Waals surface area contributed by atoms with Crippen LogP contribution >= 0.6 is 11.3 Å². The zero-order chi connectivity index (χ0) is 11.8. The van der Waals surface area contributed by atoms with Gasteiger partial charge in [-0.05, 0) is 26.8 Å². The quantitative estimate of drug-likeness (QED) is 0.863. The molecule has 0 aliphatic carbocycles. The van der Waals surface area contributed by atoms with Crippen LogP contribution < -0.4 is 0 Å². The summed E-state index contributed by atoms with van der Waals surface area (Å²) in [6, 6.07) is 8.22. The van der Waals surface area contributed by atoms with Crippen molar-refractivity contribution in [2.24, 2.45) is 0 Å². The summed E-state index contributed by atoms with van der Waals surface area (Å²) in [6.07, 6.45) is 0. The summed E-state index contributed by atoms with van der Waals surface area (Å²) in [4.78, 5) is 4.46. The van der Waals surface area contributed by atoms with E-state index in [-0.39, 0.29) is 0 Å². The number of aryl methyl sites for hydroxylation is 1. The Balaban J connectivity index is 2.39. The molecule has 0 fully saturated rings. The summed E-state index contributed by atoms with van der Waals surface area (Å²) in [6.45, 7) is 5.57. The Morgan fingerprint density at radius 3 is 2.62 bits per heavy atom. The Morgan fingerprint density at radius 2 is 2.06 bits per heavy atom. The second kappa shape index (κ2) is 4.00. The Bertz CT molecular complexity index is 497. The topological polar surface area (TPSA) is 33.1 Å². The number of hydrogen-bond acceptors (Lipinski definition) is 3. The molecule has 2 rings (SSSR count). The van der Waals surface area contributed by atoms with Crippen molar-refractivity contribution in [3.05, 3.63) is 40.2 Å². The van der Waals surface area contributed by atoms with E-state index in [0.29, 0.717) is 0 Å². The lowest BCUT2D eigenvalue weighted by Crippen LogP contribution is -2.14. The third kappa shape index (κ3) is 2.31. The smallest absolute Gasteiger partial charge is 0.124 e. The molecule has 0 spiro atoms. The van der Waals surface area contributed by atoms with E-state index >= 15 is 0 Å². The molecule has 0 unspecified atom stereocenters. The lowest BCUT2D eigenvalue weighted by atomic mass is 10.1. The van der Waals surface area contributed by atoms with Crippen molar-refractivity contribution in [2.75, 3.05) is 0 Å². The zero-order valence-electron chi connectivity index (χ0n) is 9.69. The van der Waals surface area contributed by atoms with Gasteiger partial charge in [0.25, 0.3) is 0 Å². The van der Waals surface area contributed by atoms with Gasteiger partial charge in [0.1, 0.15) is 10.6 Å². The fourth-order valence-electron chi connectivity index (χ4n) is 1.49. The Hall–Kier alpha value is -1.19. The monoisotopic (exact) mass is 233 g/mol. The standard InChI is InChI=1S/C13H15NOS/c1-9-5-4-6-10(7-9)11-8-16-12(14-11)13(2,3)15/h4-8,15H,1-3H3. The highest BCUT2D eigenvalue weighted by atomic mass is 32.1. The molecule has 0 aliphatic heterocycles. The normalized spacial score (nSPS) is 11.8. The lowest BCUT2D eigenvalue weighted by molar-refractivity contribution is 0.0783. The number of nitrogens with zero attached hydrogens (tertiary/aromatic N) is 1. The summed E-state index contributed by atoms with van der Waals surface area (Å²) in [7, 11) is 0. The Labute approximate surface area is 99.6 Å². The first-order valence-corrected chi connectivity index (χ1v) is 6.10. The molecule has 0 bridgehead atoms. The van der Waals surface area contributed by atoms with Gasteiger partial charge in [-0.1, -0.05) is 23.8 Å². The predicted octanol–water partition coefficient (Wildman–Crippen LogP) is 3.35. The van der Waals surface area contributed by atoms with Crippen molar-refractivity contribution < 1.29 is 5.11 Å². The second-order valence-electron chi connectivity index (χ2n) is 4.47. The van der Waals surface area contributed by atoms with Gasteiger partial charge in [0.2, 0.25) is 0 Å². The Morgan fingerprint density at radius 1 is 1.31 bits per heavy atom. The molecule has 1 heterocycles. The van der Waals surface area contributed by atoms with Crippen LogP contribution in [0.1, 0.15) is 24.4 Å². The van der Waals surface area contributed by atoms with Crippen molar-refractivity contribution in [1.82, 2.24) is 4.98 Å². The number of aromatic nitrogens is 1. The van der Waals surface area contributed by atoms with Gasteiger partial charge in [0, 0.05) is 10.9 Å². The predicted molar refractivity (Wildman–Crippen MR) is 67.5 cm³/mol. The average molecular weight is 233 g/mol. The molecule has 0 saturated carbocycles. The van der Waals surface area contributed by atoms with Crippen LogP contribution in [0, 0.1) is 6.92 Å². The van der Waals surface area contributed by atoms with Crippen molar-refractivity contribution in [3.63, 3.8) is 0 Å². The van der Waals surface area contributed by atoms with Crippen LogP contribution in [0.15, 0.2) is 29.6 Å². The molecule has 1 N–H and O–H groups in total. The van der Waals surface area contributed by atoms with Crippen LogP contribution in [0.5, 0.6) is 0 Å². The van der Waals surface area contributed by atoms with E-state index in [1.54, 1.807) is 13.8 Å². The van der Waals surface area contributed by atoms with Gasteiger partial charge in [-0.25, -0.2) is 4.98 Å². The molecule has 1 aromatic heterocycles. The van der Waals surface area contributed by atoms with Crippen LogP contribution in [0.4, 0.5) is 0 Å². The van der Waals surface area contributed by atoms with Gasteiger partial charge in [-0.2, -0.15) is 0 Å². The maximum absolute atomic E-state index is 9.85. The molecule has 84 valence electrons. The molecular weight excluding hydrogens is 218 g/mol. The first-order chi connectivity index (χ1) is 7.47. The van der Waals surface area contributed by atoms with Gasteiger partial charge in [-0.15, -0.1) is 11.3 Å². The van der Waals surface area contributed by atoms with E-state index in [1.165, 1.54) is 16.9 Å². The number of thiazole rings is 1. The van der Waals surface area contributed by atoms with Crippen molar-refractivity contribution >= 4 is 11.3 Å². The highest BCUT2D eigenvalue weighted by molar-refractivity contribution is 7.10. The van der Waals surface area contributed by atoms with Gasteiger partial charge in [0.15, 0.2) is 0 Å². The molecule has 0 atom stereocenters. The molecular formula is C13H15NOS. The second-order valence-corrected chi connectivity index (χ2v) is 5.32. The third-order valence-electron chi connectivity index (χ3n) is 2.34. The van der Waals surface area contributed by atoms with E-state index in [4.69, 9.17) is 0 Å². The molecule has 0 radical (unpaired) electrons. The Kier molecular flexibility index (Phi) is 2.82. The van der Waals surface area contributed by atoms with Gasteiger partial charge >= 0.3 is 0 Å². The molecule has 3 heteroatoms. The molecule has 2 aromatic rings. The maximum atomic E-state index is 9.85. The SMILES string of the molecule is Cc1cccc(-c2csc(C(C)(C)O)n2)c1. The van der Waals surface area contributed by atoms with E-state index < -0.39 is 5.60 Å². The fraction of sp³-hybridized carbons (Fsp3) is 0.308. The van der Waals surface area contributed by atoms with Gasteiger partial charge < -0.3 is 5.11 Å². The molecule has 0 amide bonds.